The van der Waals surface area contributed by atoms with Gasteiger partial charge in [-0.15, -0.1) is 10.2 Å². The Labute approximate surface area is 168 Å². The third kappa shape index (κ3) is 4.48. The quantitative estimate of drug-likeness (QED) is 0.718. The van der Waals surface area contributed by atoms with Crippen molar-refractivity contribution in [1.82, 2.24) is 20.5 Å². The first-order valence-corrected chi connectivity index (χ1v) is 9.47. The van der Waals surface area contributed by atoms with Crippen molar-refractivity contribution in [2.45, 2.75) is 6.54 Å². The molecule has 7 nitrogen and oxygen atoms in total. The molecule has 0 saturated carbocycles. The van der Waals surface area contributed by atoms with E-state index in [0.717, 1.165) is 37.8 Å². The molecule has 1 amide bonds. The number of aromatic nitrogens is 3. The first-order valence-electron chi connectivity index (χ1n) is 9.47. The van der Waals surface area contributed by atoms with Gasteiger partial charge >= 0.3 is 0 Å². The molecule has 0 aliphatic carbocycles. The van der Waals surface area contributed by atoms with Crippen LogP contribution in [-0.2, 0) is 6.54 Å². The lowest BCUT2D eigenvalue weighted by atomic mass is 10.2. The predicted molar refractivity (Wildman–Crippen MR) is 108 cm³/mol. The molecular formula is C21H21FN6O. The second-order valence-corrected chi connectivity index (χ2v) is 6.71. The molecule has 8 heteroatoms. The molecule has 0 unspecified atom stereocenters. The lowest BCUT2D eigenvalue weighted by molar-refractivity contribution is 0.0944. The van der Waals surface area contributed by atoms with E-state index in [4.69, 9.17) is 0 Å². The van der Waals surface area contributed by atoms with Crippen molar-refractivity contribution >= 4 is 17.5 Å². The minimum Gasteiger partial charge on any atom is -0.353 e. The van der Waals surface area contributed by atoms with Gasteiger partial charge < -0.3 is 15.1 Å². The molecule has 1 aromatic carbocycles. The highest BCUT2D eigenvalue weighted by Gasteiger charge is 2.19. The molecule has 1 saturated heterocycles. The normalized spacial score (nSPS) is 14.0. The lowest BCUT2D eigenvalue weighted by Gasteiger charge is -2.35. The van der Waals surface area contributed by atoms with Gasteiger partial charge in [0, 0.05) is 44.5 Å². The predicted octanol–water partition coefficient (Wildman–Crippen LogP) is 2.27. The third-order valence-electron chi connectivity index (χ3n) is 4.86. The summed E-state index contributed by atoms with van der Waals surface area (Å²) >= 11 is 0. The zero-order valence-corrected chi connectivity index (χ0v) is 15.8. The van der Waals surface area contributed by atoms with Crippen LogP contribution in [0, 0.1) is 5.82 Å². The molecule has 2 aromatic heterocycles. The maximum atomic E-state index is 13.6. The van der Waals surface area contributed by atoms with Crippen LogP contribution in [0.2, 0.25) is 0 Å². The highest BCUT2D eigenvalue weighted by Crippen LogP contribution is 2.17. The van der Waals surface area contributed by atoms with Gasteiger partial charge in [-0.1, -0.05) is 24.3 Å². The number of amides is 1. The summed E-state index contributed by atoms with van der Waals surface area (Å²) < 4.78 is 13.6. The zero-order chi connectivity index (χ0) is 20.1. The fourth-order valence-electron chi connectivity index (χ4n) is 3.23. The summed E-state index contributed by atoms with van der Waals surface area (Å²) in [6.45, 7) is 3.37. The molecule has 3 aromatic rings. The van der Waals surface area contributed by atoms with Gasteiger partial charge in [-0.25, -0.2) is 9.37 Å². The summed E-state index contributed by atoms with van der Waals surface area (Å²) in [7, 11) is 0. The molecule has 0 radical (unpaired) electrons. The maximum Gasteiger partial charge on any atom is 0.272 e. The van der Waals surface area contributed by atoms with E-state index >= 15 is 0 Å². The van der Waals surface area contributed by atoms with Crippen molar-refractivity contribution in [3.05, 3.63) is 77.9 Å². The van der Waals surface area contributed by atoms with Crippen molar-refractivity contribution in [3.63, 3.8) is 0 Å². The number of nitrogens with one attached hydrogen (secondary N) is 1. The van der Waals surface area contributed by atoms with E-state index in [0.29, 0.717) is 5.56 Å². The first kappa shape index (κ1) is 18.8. The third-order valence-corrected chi connectivity index (χ3v) is 4.86. The molecule has 0 atom stereocenters. The highest BCUT2D eigenvalue weighted by molar-refractivity contribution is 5.92. The SMILES string of the molecule is O=C(NCc1ccccc1F)c1ccc(N2CCN(c3ccccn3)CC2)nn1. The van der Waals surface area contributed by atoms with Gasteiger partial charge in [0.2, 0.25) is 0 Å². The number of carbonyl (C=O) groups is 1. The maximum absolute atomic E-state index is 13.6. The van der Waals surface area contributed by atoms with Gasteiger partial charge in [0.1, 0.15) is 11.6 Å². The van der Waals surface area contributed by atoms with E-state index < -0.39 is 0 Å². The van der Waals surface area contributed by atoms with Crippen molar-refractivity contribution in [1.29, 1.82) is 0 Å². The van der Waals surface area contributed by atoms with Crippen LogP contribution in [0.5, 0.6) is 0 Å². The number of hydrogen-bond acceptors (Lipinski definition) is 6. The Balaban J connectivity index is 1.32. The Morgan fingerprint density at radius 1 is 0.897 bits per heavy atom. The van der Waals surface area contributed by atoms with Crippen molar-refractivity contribution in [3.8, 4) is 0 Å². The number of rotatable bonds is 5. The number of hydrogen-bond donors (Lipinski definition) is 1. The molecule has 1 aliphatic heterocycles. The Morgan fingerprint density at radius 2 is 1.62 bits per heavy atom. The second-order valence-electron chi connectivity index (χ2n) is 6.71. The monoisotopic (exact) mass is 392 g/mol. The summed E-state index contributed by atoms with van der Waals surface area (Å²) in [5, 5.41) is 10.9. The van der Waals surface area contributed by atoms with Crippen LogP contribution < -0.4 is 15.1 Å². The van der Waals surface area contributed by atoms with E-state index in [1.165, 1.54) is 6.07 Å². The fraction of sp³-hybridized carbons (Fsp3) is 0.238. The van der Waals surface area contributed by atoms with E-state index in [1.54, 1.807) is 36.5 Å². The van der Waals surface area contributed by atoms with Crippen molar-refractivity contribution in [2.75, 3.05) is 36.0 Å². The van der Waals surface area contributed by atoms with E-state index in [9.17, 15) is 9.18 Å². The van der Waals surface area contributed by atoms with Gasteiger partial charge in [-0.2, -0.15) is 0 Å². The van der Waals surface area contributed by atoms with E-state index in [1.807, 2.05) is 18.2 Å². The highest BCUT2D eigenvalue weighted by atomic mass is 19.1. The summed E-state index contributed by atoms with van der Waals surface area (Å²) in [6.07, 6.45) is 1.79. The number of halogens is 1. The smallest absolute Gasteiger partial charge is 0.272 e. The Hall–Kier alpha value is -3.55. The summed E-state index contributed by atoms with van der Waals surface area (Å²) in [5.74, 6) is 0.975. The minimum absolute atomic E-state index is 0.102. The number of nitrogens with zero attached hydrogens (tertiary/aromatic N) is 5. The molecule has 1 N–H and O–H groups in total. The number of benzene rings is 1. The van der Waals surface area contributed by atoms with Crippen LogP contribution in [0.15, 0.2) is 60.8 Å². The molecular weight excluding hydrogens is 371 g/mol. The van der Waals surface area contributed by atoms with Gasteiger partial charge in [-0.05, 0) is 30.3 Å². The molecule has 29 heavy (non-hydrogen) atoms. The number of anilines is 2. The van der Waals surface area contributed by atoms with E-state index in [-0.39, 0.29) is 24.0 Å². The van der Waals surface area contributed by atoms with Crippen LogP contribution in [0.25, 0.3) is 0 Å². The van der Waals surface area contributed by atoms with E-state index in [2.05, 4.69) is 30.3 Å². The van der Waals surface area contributed by atoms with Gasteiger partial charge in [0.05, 0.1) is 0 Å². The van der Waals surface area contributed by atoms with Crippen molar-refractivity contribution < 1.29 is 9.18 Å². The first-order chi connectivity index (χ1) is 14.2. The zero-order valence-electron chi connectivity index (χ0n) is 15.8. The number of piperazine rings is 1. The summed E-state index contributed by atoms with van der Waals surface area (Å²) in [6, 6.07) is 15.7. The van der Waals surface area contributed by atoms with Gasteiger partial charge in [0.25, 0.3) is 5.91 Å². The Bertz CT molecular complexity index is 958. The standard InChI is InChI=1S/C21H21FN6O/c22-17-6-2-1-5-16(17)15-24-21(29)18-8-9-20(26-25-18)28-13-11-27(12-14-28)19-7-3-4-10-23-19/h1-10H,11-15H2,(H,24,29). The lowest BCUT2D eigenvalue weighted by Crippen LogP contribution is -2.47. The van der Waals surface area contributed by atoms with Crippen LogP contribution in [0.3, 0.4) is 0 Å². The average Bonchev–Trinajstić information content (AvgIpc) is 2.79. The van der Waals surface area contributed by atoms with Crippen LogP contribution >= 0.6 is 0 Å². The molecule has 0 spiro atoms. The minimum atomic E-state index is -0.382. The van der Waals surface area contributed by atoms with Gasteiger partial charge in [-0.3, -0.25) is 4.79 Å². The number of carbonyl (C=O) groups excluding carboxylic acids is 1. The second kappa shape index (κ2) is 8.64. The van der Waals surface area contributed by atoms with Gasteiger partial charge in [0.15, 0.2) is 11.5 Å². The molecule has 1 fully saturated rings. The largest absolute Gasteiger partial charge is 0.353 e. The molecule has 4 rings (SSSR count). The average molecular weight is 392 g/mol. The molecule has 1 aliphatic rings. The fourth-order valence-corrected chi connectivity index (χ4v) is 3.23. The summed E-state index contributed by atoms with van der Waals surface area (Å²) in [4.78, 5) is 21.0. The molecule has 3 heterocycles. The van der Waals surface area contributed by atoms with Crippen LogP contribution in [-0.4, -0.2) is 47.3 Å². The number of pyridine rings is 1. The van der Waals surface area contributed by atoms with Crippen LogP contribution in [0.4, 0.5) is 16.0 Å². The summed E-state index contributed by atoms with van der Waals surface area (Å²) in [5.41, 5.74) is 0.633. The topological polar surface area (TPSA) is 74.2 Å². The molecule has 0 bridgehead atoms. The van der Waals surface area contributed by atoms with Crippen molar-refractivity contribution in [2.24, 2.45) is 0 Å². The Morgan fingerprint density at radius 3 is 2.28 bits per heavy atom. The Kier molecular flexibility index (Phi) is 5.60. The molecule has 148 valence electrons. The van der Waals surface area contributed by atoms with Crippen LogP contribution in [0.1, 0.15) is 16.1 Å².